The second-order valence-corrected chi connectivity index (χ2v) is 5.80. The van der Waals surface area contributed by atoms with Gasteiger partial charge in [-0.2, -0.15) is 0 Å². The lowest BCUT2D eigenvalue weighted by molar-refractivity contribution is 0.104. The van der Waals surface area contributed by atoms with Gasteiger partial charge < -0.3 is 0 Å². The Balaban J connectivity index is 1.79. The quantitative estimate of drug-likeness (QED) is 0.583. The van der Waals surface area contributed by atoms with Gasteiger partial charge in [-0.25, -0.2) is 0 Å². The summed E-state index contributed by atoms with van der Waals surface area (Å²) in [6.07, 6.45) is 8.35. The summed E-state index contributed by atoms with van der Waals surface area (Å²) in [7, 11) is 0. The van der Waals surface area contributed by atoms with Gasteiger partial charge in [0, 0.05) is 5.56 Å². The molecule has 0 atom stereocenters. The van der Waals surface area contributed by atoms with Crippen LogP contribution in [-0.2, 0) is 12.8 Å². The maximum atomic E-state index is 12.3. The first-order chi connectivity index (χ1) is 10.2. The molecule has 3 rings (SSSR count). The number of benzene rings is 2. The van der Waals surface area contributed by atoms with Crippen molar-refractivity contribution in [2.45, 2.75) is 32.6 Å². The summed E-state index contributed by atoms with van der Waals surface area (Å²) in [6.45, 7) is 2.06. The fourth-order valence-corrected chi connectivity index (χ4v) is 2.93. The van der Waals surface area contributed by atoms with Crippen LogP contribution in [0.4, 0.5) is 0 Å². The number of carbonyl (C=O) groups is 1. The van der Waals surface area contributed by atoms with E-state index < -0.39 is 0 Å². The molecule has 0 bridgehead atoms. The van der Waals surface area contributed by atoms with E-state index in [0.717, 1.165) is 24.0 Å². The van der Waals surface area contributed by atoms with Crippen LogP contribution in [0.25, 0.3) is 6.08 Å². The molecule has 0 saturated heterocycles. The predicted octanol–water partition coefficient (Wildman–Crippen LogP) is 4.77. The molecule has 1 nitrogen and oxygen atoms in total. The van der Waals surface area contributed by atoms with E-state index in [9.17, 15) is 4.79 Å². The maximum Gasteiger partial charge on any atom is 0.185 e. The molecule has 106 valence electrons. The number of rotatable bonds is 3. The third-order valence-corrected chi connectivity index (χ3v) is 4.10. The second kappa shape index (κ2) is 6.09. The summed E-state index contributed by atoms with van der Waals surface area (Å²) in [5.74, 6) is 0.0879. The van der Waals surface area contributed by atoms with Crippen LogP contribution in [0.15, 0.2) is 48.5 Å². The van der Waals surface area contributed by atoms with Crippen molar-refractivity contribution in [3.8, 4) is 0 Å². The highest BCUT2D eigenvalue weighted by Crippen LogP contribution is 2.22. The van der Waals surface area contributed by atoms with Gasteiger partial charge in [0.1, 0.15) is 0 Å². The fraction of sp³-hybridized carbons (Fsp3) is 0.250. The van der Waals surface area contributed by atoms with Crippen molar-refractivity contribution in [1.29, 1.82) is 0 Å². The van der Waals surface area contributed by atoms with E-state index in [1.807, 2.05) is 24.3 Å². The van der Waals surface area contributed by atoms with E-state index >= 15 is 0 Å². The van der Waals surface area contributed by atoms with Crippen LogP contribution in [-0.4, -0.2) is 5.78 Å². The number of aryl methyl sites for hydroxylation is 3. The van der Waals surface area contributed by atoms with Crippen molar-refractivity contribution in [2.24, 2.45) is 0 Å². The molecular weight excluding hydrogens is 256 g/mol. The van der Waals surface area contributed by atoms with E-state index in [2.05, 4.69) is 31.2 Å². The van der Waals surface area contributed by atoms with E-state index in [1.54, 1.807) is 6.08 Å². The fourth-order valence-electron chi connectivity index (χ4n) is 2.93. The Morgan fingerprint density at radius 1 is 1.00 bits per heavy atom. The van der Waals surface area contributed by atoms with Crippen LogP contribution in [0.5, 0.6) is 0 Å². The average molecular weight is 276 g/mol. The summed E-state index contributed by atoms with van der Waals surface area (Å²) in [5, 5.41) is 0. The van der Waals surface area contributed by atoms with Gasteiger partial charge in [0.15, 0.2) is 5.78 Å². The molecule has 21 heavy (non-hydrogen) atoms. The topological polar surface area (TPSA) is 17.1 Å². The monoisotopic (exact) mass is 276 g/mol. The lowest BCUT2D eigenvalue weighted by Gasteiger charge is -2.15. The minimum atomic E-state index is 0.0879. The zero-order valence-corrected chi connectivity index (χ0v) is 12.4. The van der Waals surface area contributed by atoms with Gasteiger partial charge in [-0.05, 0) is 61.4 Å². The summed E-state index contributed by atoms with van der Waals surface area (Å²) in [6, 6.07) is 14.3. The van der Waals surface area contributed by atoms with Crippen molar-refractivity contribution in [1.82, 2.24) is 0 Å². The van der Waals surface area contributed by atoms with Gasteiger partial charge in [-0.1, -0.05) is 48.0 Å². The van der Waals surface area contributed by atoms with Crippen molar-refractivity contribution < 1.29 is 4.79 Å². The number of fused-ring (bicyclic) bond motifs is 1. The molecule has 0 unspecified atom stereocenters. The SMILES string of the molecule is Cc1cccc(/C=C/C(=O)c2ccc3c(c2)CCCC3)c1. The lowest BCUT2D eigenvalue weighted by atomic mass is 9.90. The lowest BCUT2D eigenvalue weighted by Crippen LogP contribution is -2.05. The molecule has 0 fully saturated rings. The predicted molar refractivity (Wildman–Crippen MR) is 87.6 cm³/mol. The zero-order valence-electron chi connectivity index (χ0n) is 12.4. The first-order valence-electron chi connectivity index (χ1n) is 7.63. The summed E-state index contributed by atoms with van der Waals surface area (Å²) in [4.78, 5) is 12.3. The Bertz CT molecular complexity index is 695. The third-order valence-electron chi connectivity index (χ3n) is 4.10. The van der Waals surface area contributed by atoms with E-state index in [4.69, 9.17) is 0 Å². The molecule has 0 saturated carbocycles. The third kappa shape index (κ3) is 3.30. The molecule has 1 aliphatic rings. The molecule has 2 aromatic carbocycles. The Labute approximate surface area is 126 Å². The van der Waals surface area contributed by atoms with Crippen molar-refractivity contribution in [2.75, 3.05) is 0 Å². The smallest absolute Gasteiger partial charge is 0.185 e. The van der Waals surface area contributed by atoms with Gasteiger partial charge in [0.25, 0.3) is 0 Å². The summed E-state index contributed by atoms with van der Waals surface area (Å²) < 4.78 is 0. The molecular formula is C20H20O. The second-order valence-electron chi connectivity index (χ2n) is 5.80. The molecule has 0 N–H and O–H groups in total. The van der Waals surface area contributed by atoms with E-state index in [0.29, 0.717) is 0 Å². The molecule has 0 spiro atoms. The maximum absolute atomic E-state index is 12.3. The Kier molecular flexibility index (Phi) is 4.01. The molecule has 0 amide bonds. The number of ketones is 1. The number of hydrogen-bond donors (Lipinski definition) is 0. The van der Waals surface area contributed by atoms with Crippen LogP contribution in [0.1, 0.15) is 45.5 Å². The van der Waals surface area contributed by atoms with Crippen LogP contribution in [0.2, 0.25) is 0 Å². The summed E-state index contributed by atoms with van der Waals surface area (Å²) >= 11 is 0. The van der Waals surface area contributed by atoms with Crippen LogP contribution >= 0.6 is 0 Å². The number of hydrogen-bond acceptors (Lipinski definition) is 1. The Morgan fingerprint density at radius 2 is 1.81 bits per heavy atom. The van der Waals surface area contributed by atoms with Crippen molar-refractivity contribution in [3.05, 3.63) is 76.4 Å². The molecule has 0 aromatic heterocycles. The van der Waals surface area contributed by atoms with E-state index in [1.165, 1.54) is 29.5 Å². The normalized spacial score (nSPS) is 14.1. The summed E-state index contributed by atoms with van der Waals surface area (Å²) in [5.41, 5.74) is 5.86. The Morgan fingerprint density at radius 3 is 2.62 bits per heavy atom. The van der Waals surface area contributed by atoms with Gasteiger partial charge in [-0.3, -0.25) is 4.79 Å². The first-order valence-corrected chi connectivity index (χ1v) is 7.63. The minimum absolute atomic E-state index is 0.0879. The molecule has 0 radical (unpaired) electrons. The van der Waals surface area contributed by atoms with Gasteiger partial charge in [0.2, 0.25) is 0 Å². The highest BCUT2D eigenvalue weighted by Gasteiger charge is 2.11. The van der Waals surface area contributed by atoms with Crippen molar-refractivity contribution in [3.63, 3.8) is 0 Å². The van der Waals surface area contributed by atoms with Gasteiger partial charge >= 0.3 is 0 Å². The van der Waals surface area contributed by atoms with Gasteiger partial charge in [-0.15, -0.1) is 0 Å². The average Bonchev–Trinajstić information content (AvgIpc) is 2.52. The molecule has 0 heterocycles. The number of carbonyl (C=O) groups excluding carboxylic acids is 1. The molecule has 1 heteroatoms. The molecule has 1 aliphatic carbocycles. The largest absolute Gasteiger partial charge is 0.289 e. The van der Waals surface area contributed by atoms with Crippen LogP contribution in [0.3, 0.4) is 0 Å². The standard InChI is InChI=1S/C20H20O/c1-15-5-4-6-16(13-15)9-12-20(21)19-11-10-17-7-2-3-8-18(17)14-19/h4-6,9-14H,2-3,7-8H2,1H3/b12-9+. The van der Waals surface area contributed by atoms with Crippen LogP contribution in [0, 0.1) is 6.92 Å². The van der Waals surface area contributed by atoms with E-state index in [-0.39, 0.29) is 5.78 Å². The zero-order chi connectivity index (χ0) is 14.7. The molecule has 0 aliphatic heterocycles. The minimum Gasteiger partial charge on any atom is -0.289 e. The Hall–Kier alpha value is -2.15. The van der Waals surface area contributed by atoms with Crippen molar-refractivity contribution >= 4 is 11.9 Å². The van der Waals surface area contributed by atoms with Crippen LogP contribution < -0.4 is 0 Å². The number of allylic oxidation sites excluding steroid dienone is 1. The first kappa shape index (κ1) is 13.8. The highest BCUT2D eigenvalue weighted by atomic mass is 16.1. The van der Waals surface area contributed by atoms with Gasteiger partial charge in [0.05, 0.1) is 0 Å². The molecule has 2 aromatic rings. The highest BCUT2D eigenvalue weighted by molar-refractivity contribution is 6.07.